The molecule has 3 heteroatoms. The smallest absolute Gasteiger partial charge is 0.168 e. The fraction of sp³-hybridized carbons (Fsp3) is 0.357. The number of carbonyl (C=O) groups is 1. The number of rotatable bonds is 3. The Morgan fingerprint density at radius 2 is 2.24 bits per heavy atom. The Hall–Kier alpha value is -1.28. The molecule has 0 radical (unpaired) electrons. The number of benzene rings is 1. The molecular weight excluding hydrogens is 234 g/mol. The molecule has 88 valence electrons. The maximum Gasteiger partial charge on any atom is 0.168 e. The lowest BCUT2D eigenvalue weighted by Crippen LogP contribution is -2.12. The molecular formula is C14H14ClNO. The molecule has 2 aromatic rings. The molecule has 2 nitrogen and oxygen atoms in total. The number of hydrogen-bond donors (Lipinski definition) is 1. The summed E-state index contributed by atoms with van der Waals surface area (Å²) in [7, 11) is 0. The summed E-state index contributed by atoms with van der Waals surface area (Å²) < 4.78 is 0. The first-order valence-electron chi connectivity index (χ1n) is 5.98. The highest BCUT2D eigenvalue weighted by atomic mass is 35.5. The fourth-order valence-corrected chi connectivity index (χ4v) is 2.61. The number of halogens is 1. The van der Waals surface area contributed by atoms with Crippen molar-refractivity contribution in [3.63, 3.8) is 0 Å². The molecule has 0 aliphatic heterocycles. The zero-order valence-corrected chi connectivity index (χ0v) is 10.4. The number of hydrogen-bond acceptors (Lipinski definition) is 1. The number of carbonyl (C=O) groups excluding carboxylic acids is 1. The quantitative estimate of drug-likeness (QED) is 0.816. The standard InChI is InChI=1S/C14H14ClNO/c1-8(9-5-6-9)14(17)11-7-16-13-10(11)3-2-4-12(13)15/h2-4,7-9,16H,5-6H2,1H3. The molecule has 3 rings (SSSR count). The molecule has 0 bridgehead atoms. The van der Waals surface area contributed by atoms with Crippen molar-refractivity contribution in [2.75, 3.05) is 0 Å². The van der Waals surface area contributed by atoms with Gasteiger partial charge in [0.2, 0.25) is 0 Å². The van der Waals surface area contributed by atoms with Gasteiger partial charge in [-0.25, -0.2) is 0 Å². The Morgan fingerprint density at radius 1 is 1.47 bits per heavy atom. The SMILES string of the molecule is CC(C(=O)c1c[nH]c2c(Cl)cccc12)C1CC1. The van der Waals surface area contributed by atoms with Crippen LogP contribution in [0, 0.1) is 11.8 Å². The van der Waals surface area contributed by atoms with Crippen molar-refractivity contribution in [1.29, 1.82) is 0 Å². The summed E-state index contributed by atoms with van der Waals surface area (Å²) in [6.45, 7) is 2.03. The molecule has 1 atom stereocenters. The van der Waals surface area contributed by atoms with Crippen molar-refractivity contribution in [1.82, 2.24) is 4.98 Å². The zero-order chi connectivity index (χ0) is 12.0. The minimum absolute atomic E-state index is 0.132. The van der Waals surface area contributed by atoms with Gasteiger partial charge in [-0.2, -0.15) is 0 Å². The van der Waals surface area contributed by atoms with Crippen molar-refractivity contribution in [3.05, 3.63) is 35.0 Å². The molecule has 0 saturated heterocycles. The number of aromatic nitrogens is 1. The number of Topliss-reactive ketones (excluding diaryl/α,β-unsaturated/α-hetero) is 1. The van der Waals surface area contributed by atoms with E-state index in [2.05, 4.69) is 4.98 Å². The Labute approximate surface area is 105 Å². The van der Waals surface area contributed by atoms with E-state index in [1.807, 2.05) is 25.1 Å². The number of nitrogens with one attached hydrogen (secondary N) is 1. The molecule has 1 aromatic heterocycles. The molecule has 0 amide bonds. The maximum atomic E-state index is 12.3. The van der Waals surface area contributed by atoms with Crippen LogP contribution < -0.4 is 0 Å². The van der Waals surface area contributed by atoms with Crippen LogP contribution in [0.25, 0.3) is 10.9 Å². The Morgan fingerprint density at radius 3 is 2.94 bits per heavy atom. The highest BCUT2D eigenvalue weighted by Gasteiger charge is 2.33. The van der Waals surface area contributed by atoms with Crippen LogP contribution in [0.4, 0.5) is 0 Å². The lowest BCUT2D eigenvalue weighted by Gasteiger charge is -2.07. The number of ketones is 1. The molecule has 1 fully saturated rings. The van der Waals surface area contributed by atoms with Gasteiger partial charge in [-0.3, -0.25) is 4.79 Å². The van der Waals surface area contributed by atoms with Gasteiger partial charge in [0.15, 0.2) is 5.78 Å². The second kappa shape index (κ2) is 3.88. The Bertz CT molecular complexity index is 583. The predicted octanol–water partition coefficient (Wildman–Crippen LogP) is 4.05. The summed E-state index contributed by atoms with van der Waals surface area (Å²) in [5.74, 6) is 0.959. The number of aromatic amines is 1. The lowest BCUT2D eigenvalue weighted by atomic mass is 9.95. The van der Waals surface area contributed by atoms with Gasteiger partial charge in [-0.15, -0.1) is 0 Å². The normalized spacial score (nSPS) is 17.3. The summed E-state index contributed by atoms with van der Waals surface area (Å²) in [6, 6.07) is 5.67. The highest BCUT2D eigenvalue weighted by Crippen LogP contribution is 2.39. The predicted molar refractivity (Wildman–Crippen MR) is 69.5 cm³/mol. The number of H-pyrrole nitrogens is 1. The number of para-hydroxylation sites is 1. The van der Waals surface area contributed by atoms with E-state index in [0.717, 1.165) is 16.5 Å². The molecule has 1 aliphatic carbocycles. The summed E-state index contributed by atoms with van der Waals surface area (Å²) >= 11 is 6.09. The topological polar surface area (TPSA) is 32.9 Å². The van der Waals surface area contributed by atoms with Crippen LogP contribution in [0.5, 0.6) is 0 Å². The van der Waals surface area contributed by atoms with E-state index in [-0.39, 0.29) is 11.7 Å². The second-order valence-corrected chi connectivity index (χ2v) is 5.26. The van der Waals surface area contributed by atoms with Crippen LogP contribution in [0.3, 0.4) is 0 Å². The highest BCUT2D eigenvalue weighted by molar-refractivity contribution is 6.35. The van der Waals surface area contributed by atoms with Crippen LogP contribution >= 0.6 is 11.6 Å². The maximum absolute atomic E-state index is 12.3. The van der Waals surface area contributed by atoms with Gasteiger partial charge in [-0.1, -0.05) is 30.7 Å². The van der Waals surface area contributed by atoms with E-state index in [0.29, 0.717) is 10.9 Å². The summed E-state index contributed by atoms with van der Waals surface area (Å²) in [4.78, 5) is 15.4. The van der Waals surface area contributed by atoms with Crippen LogP contribution in [-0.4, -0.2) is 10.8 Å². The third-order valence-electron chi connectivity index (χ3n) is 3.67. The van der Waals surface area contributed by atoms with Gasteiger partial charge >= 0.3 is 0 Å². The first-order chi connectivity index (χ1) is 8.18. The van der Waals surface area contributed by atoms with Gasteiger partial charge in [0.1, 0.15) is 0 Å². The average Bonchev–Trinajstić information content (AvgIpc) is 3.08. The van der Waals surface area contributed by atoms with Gasteiger partial charge in [0, 0.05) is 23.1 Å². The third-order valence-corrected chi connectivity index (χ3v) is 3.99. The molecule has 1 aromatic carbocycles. The van der Waals surface area contributed by atoms with E-state index in [1.54, 1.807) is 6.20 Å². The van der Waals surface area contributed by atoms with Crippen molar-refractivity contribution in [2.45, 2.75) is 19.8 Å². The van der Waals surface area contributed by atoms with E-state index in [1.165, 1.54) is 12.8 Å². The van der Waals surface area contributed by atoms with Crippen molar-refractivity contribution < 1.29 is 4.79 Å². The molecule has 1 aliphatic rings. The molecule has 1 saturated carbocycles. The van der Waals surface area contributed by atoms with Gasteiger partial charge in [0.25, 0.3) is 0 Å². The van der Waals surface area contributed by atoms with Gasteiger partial charge < -0.3 is 4.98 Å². The first kappa shape index (κ1) is 10.8. The second-order valence-electron chi connectivity index (χ2n) is 4.86. The minimum atomic E-state index is 0.132. The molecule has 17 heavy (non-hydrogen) atoms. The minimum Gasteiger partial charge on any atom is -0.359 e. The van der Waals surface area contributed by atoms with Crippen molar-refractivity contribution in [3.8, 4) is 0 Å². The lowest BCUT2D eigenvalue weighted by molar-refractivity contribution is 0.0918. The number of fused-ring (bicyclic) bond motifs is 1. The molecule has 1 N–H and O–H groups in total. The Kier molecular flexibility index (Phi) is 2.48. The molecule has 0 spiro atoms. The van der Waals surface area contributed by atoms with E-state index >= 15 is 0 Å². The van der Waals surface area contributed by atoms with E-state index < -0.39 is 0 Å². The van der Waals surface area contributed by atoms with E-state index in [9.17, 15) is 4.79 Å². The van der Waals surface area contributed by atoms with Gasteiger partial charge in [0.05, 0.1) is 10.5 Å². The molecule has 1 heterocycles. The largest absolute Gasteiger partial charge is 0.359 e. The van der Waals surface area contributed by atoms with Crippen LogP contribution in [0.1, 0.15) is 30.1 Å². The van der Waals surface area contributed by atoms with E-state index in [4.69, 9.17) is 11.6 Å². The van der Waals surface area contributed by atoms with Crippen LogP contribution in [-0.2, 0) is 0 Å². The van der Waals surface area contributed by atoms with Crippen molar-refractivity contribution in [2.24, 2.45) is 11.8 Å². The summed E-state index contributed by atoms with van der Waals surface area (Å²) in [6.07, 6.45) is 4.17. The van der Waals surface area contributed by atoms with Crippen LogP contribution in [0.15, 0.2) is 24.4 Å². The fourth-order valence-electron chi connectivity index (χ4n) is 2.38. The van der Waals surface area contributed by atoms with Crippen LogP contribution in [0.2, 0.25) is 5.02 Å². The monoisotopic (exact) mass is 247 g/mol. The van der Waals surface area contributed by atoms with Gasteiger partial charge in [-0.05, 0) is 24.8 Å². The van der Waals surface area contributed by atoms with Crippen molar-refractivity contribution >= 4 is 28.3 Å². The average molecular weight is 248 g/mol. The first-order valence-corrected chi connectivity index (χ1v) is 6.36. The Balaban J connectivity index is 2.05. The molecule has 1 unspecified atom stereocenters. The summed E-state index contributed by atoms with van der Waals surface area (Å²) in [5.41, 5.74) is 1.64. The summed E-state index contributed by atoms with van der Waals surface area (Å²) in [5, 5.41) is 1.61. The third kappa shape index (κ3) is 1.77. The zero-order valence-electron chi connectivity index (χ0n) is 9.66.